The van der Waals surface area contributed by atoms with Gasteiger partial charge < -0.3 is 0 Å². The molecule has 0 N–H and O–H groups in total. The molecule has 0 saturated heterocycles. The van der Waals surface area contributed by atoms with Crippen molar-refractivity contribution in [2.45, 2.75) is 13.8 Å². The van der Waals surface area contributed by atoms with Gasteiger partial charge >= 0.3 is 0 Å². The fourth-order valence-electron chi connectivity index (χ4n) is 2.79. The van der Waals surface area contributed by atoms with Crippen molar-refractivity contribution >= 4 is 28.3 Å². The van der Waals surface area contributed by atoms with Crippen molar-refractivity contribution in [1.82, 2.24) is 9.97 Å². The average molecular weight is 347 g/mol. The molecule has 2 aromatic heterocycles. The Kier molecular flexibility index (Phi) is 5.11. The molecule has 2 nitrogen and oxygen atoms in total. The molecule has 0 atom stereocenters. The van der Waals surface area contributed by atoms with Crippen molar-refractivity contribution in [1.29, 1.82) is 0 Å². The van der Waals surface area contributed by atoms with Crippen LogP contribution in [0.4, 0.5) is 0 Å². The zero-order chi connectivity index (χ0) is 17.8. The fourth-order valence-corrected chi connectivity index (χ4v) is 3.04. The van der Waals surface area contributed by atoms with Crippen molar-refractivity contribution in [3.8, 4) is 0 Å². The van der Waals surface area contributed by atoms with Gasteiger partial charge in [-0.05, 0) is 60.4 Å². The molecule has 0 amide bonds. The summed E-state index contributed by atoms with van der Waals surface area (Å²) in [5.41, 5.74) is 7.10. The van der Waals surface area contributed by atoms with Crippen LogP contribution in [0, 0.1) is 0 Å². The van der Waals surface area contributed by atoms with Gasteiger partial charge in [-0.2, -0.15) is 0 Å². The molecule has 124 valence electrons. The van der Waals surface area contributed by atoms with E-state index in [9.17, 15) is 0 Å². The molecule has 2 heterocycles. The zero-order valence-electron chi connectivity index (χ0n) is 14.3. The third kappa shape index (κ3) is 3.54. The molecule has 3 rings (SSSR count). The number of benzene rings is 1. The zero-order valence-corrected chi connectivity index (χ0v) is 15.1. The van der Waals surface area contributed by atoms with E-state index in [1.54, 1.807) is 12.4 Å². The average Bonchev–Trinajstić information content (AvgIpc) is 2.67. The summed E-state index contributed by atoms with van der Waals surface area (Å²) in [4.78, 5) is 8.71. The number of nitrogens with zero attached hydrogens (tertiary/aromatic N) is 2. The molecule has 0 bridgehead atoms. The molecule has 0 radical (unpaired) electrons. The van der Waals surface area contributed by atoms with Crippen LogP contribution in [0.25, 0.3) is 16.7 Å². The number of rotatable bonds is 4. The van der Waals surface area contributed by atoms with E-state index in [-0.39, 0.29) is 0 Å². The second kappa shape index (κ2) is 7.45. The van der Waals surface area contributed by atoms with Crippen LogP contribution >= 0.6 is 11.6 Å². The smallest absolute Gasteiger partial charge is 0.0739 e. The van der Waals surface area contributed by atoms with Crippen LogP contribution in [0.3, 0.4) is 0 Å². The summed E-state index contributed by atoms with van der Waals surface area (Å²) in [7, 11) is 0. The Morgan fingerprint density at radius 2 is 1.52 bits per heavy atom. The molecule has 1 aromatic carbocycles. The van der Waals surface area contributed by atoms with Crippen LogP contribution in [0.2, 0.25) is 5.02 Å². The quantitative estimate of drug-likeness (QED) is 0.566. The third-order valence-electron chi connectivity index (χ3n) is 4.36. The number of pyridine rings is 2. The van der Waals surface area contributed by atoms with Gasteiger partial charge in [0.05, 0.1) is 5.69 Å². The lowest BCUT2D eigenvalue weighted by Gasteiger charge is -2.15. The maximum absolute atomic E-state index is 6.36. The summed E-state index contributed by atoms with van der Waals surface area (Å²) in [6.45, 7) is 8.46. The minimum atomic E-state index is 0.690. The first kappa shape index (κ1) is 17.1. The highest BCUT2D eigenvalue weighted by Crippen LogP contribution is 2.33. The summed E-state index contributed by atoms with van der Waals surface area (Å²) in [5, 5.41) is 0.690. The monoisotopic (exact) mass is 346 g/mol. The number of halogens is 1. The van der Waals surface area contributed by atoms with E-state index >= 15 is 0 Å². The molecule has 0 aliphatic carbocycles. The Labute approximate surface area is 153 Å². The molecular weight excluding hydrogens is 328 g/mol. The van der Waals surface area contributed by atoms with Crippen LogP contribution in [0.5, 0.6) is 0 Å². The first-order valence-electron chi connectivity index (χ1n) is 8.07. The number of hydrogen-bond donors (Lipinski definition) is 0. The van der Waals surface area contributed by atoms with E-state index in [1.807, 2.05) is 54.7 Å². The number of aromatic nitrogens is 2. The molecule has 0 aliphatic heterocycles. The van der Waals surface area contributed by atoms with Gasteiger partial charge in [-0.15, -0.1) is 0 Å². The van der Waals surface area contributed by atoms with Crippen molar-refractivity contribution in [2.75, 3.05) is 0 Å². The van der Waals surface area contributed by atoms with Gasteiger partial charge in [-0.3, -0.25) is 9.97 Å². The van der Waals surface area contributed by atoms with E-state index in [1.165, 1.54) is 0 Å². The highest BCUT2D eigenvalue weighted by molar-refractivity contribution is 6.32. The molecule has 3 heteroatoms. The van der Waals surface area contributed by atoms with Gasteiger partial charge in [0.15, 0.2) is 0 Å². The summed E-state index contributed by atoms with van der Waals surface area (Å²) < 4.78 is 0. The van der Waals surface area contributed by atoms with Crippen LogP contribution in [-0.2, 0) is 0 Å². The summed E-state index contributed by atoms with van der Waals surface area (Å²) in [5.74, 6) is 0. The molecule has 3 aromatic rings. The molecule has 0 saturated carbocycles. The van der Waals surface area contributed by atoms with E-state index < -0.39 is 0 Å². The highest BCUT2D eigenvalue weighted by Gasteiger charge is 2.14. The van der Waals surface area contributed by atoms with E-state index in [0.717, 1.165) is 39.1 Å². The lowest BCUT2D eigenvalue weighted by molar-refractivity contribution is 1.24. The van der Waals surface area contributed by atoms with Crippen LogP contribution in [0.1, 0.15) is 36.2 Å². The third-order valence-corrected chi connectivity index (χ3v) is 4.69. The second-order valence-electron chi connectivity index (χ2n) is 5.84. The first-order chi connectivity index (χ1) is 12.1. The van der Waals surface area contributed by atoms with E-state index in [0.29, 0.717) is 5.02 Å². The SMILES string of the molecule is C=C(c1ccccc1Cl)c1cccnc1/C(C)=C(/C)c1ccncc1. The van der Waals surface area contributed by atoms with Crippen molar-refractivity contribution in [3.63, 3.8) is 0 Å². The molecule has 0 aliphatic rings. The van der Waals surface area contributed by atoms with Crippen molar-refractivity contribution < 1.29 is 0 Å². The number of hydrogen-bond acceptors (Lipinski definition) is 2. The Balaban J connectivity index is 2.11. The Bertz CT molecular complexity index is 943. The standard InChI is InChI=1S/C22H19ClN2/c1-15(18-10-13-24-14-11-18)16(2)22-20(8-6-12-25-22)17(3)19-7-4-5-9-21(19)23/h4-14H,3H2,1-2H3/b16-15-. The largest absolute Gasteiger partial charge is 0.265 e. The summed E-state index contributed by atoms with van der Waals surface area (Å²) in [6, 6.07) is 15.7. The Morgan fingerprint density at radius 3 is 2.24 bits per heavy atom. The normalized spacial score (nSPS) is 11.8. The Morgan fingerprint density at radius 1 is 0.840 bits per heavy atom. The lowest BCUT2D eigenvalue weighted by Crippen LogP contribution is -1.98. The molecule has 0 fully saturated rings. The number of allylic oxidation sites excluding steroid dienone is 2. The minimum Gasteiger partial charge on any atom is -0.265 e. The Hall–Kier alpha value is -2.71. The summed E-state index contributed by atoms with van der Waals surface area (Å²) >= 11 is 6.36. The van der Waals surface area contributed by atoms with Crippen molar-refractivity contribution in [2.24, 2.45) is 0 Å². The van der Waals surface area contributed by atoms with E-state index in [4.69, 9.17) is 11.6 Å². The van der Waals surface area contributed by atoms with Gasteiger partial charge in [0, 0.05) is 34.7 Å². The second-order valence-corrected chi connectivity index (χ2v) is 6.25. The predicted molar refractivity (Wildman–Crippen MR) is 106 cm³/mol. The molecular formula is C22H19ClN2. The maximum atomic E-state index is 6.36. The van der Waals surface area contributed by atoms with Crippen LogP contribution in [-0.4, -0.2) is 9.97 Å². The van der Waals surface area contributed by atoms with E-state index in [2.05, 4.69) is 30.4 Å². The summed E-state index contributed by atoms with van der Waals surface area (Å²) in [6.07, 6.45) is 5.41. The van der Waals surface area contributed by atoms with Gasteiger partial charge in [0.2, 0.25) is 0 Å². The topological polar surface area (TPSA) is 25.8 Å². The van der Waals surface area contributed by atoms with Crippen molar-refractivity contribution in [3.05, 3.63) is 101 Å². The van der Waals surface area contributed by atoms with Crippen LogP contribution < -0.4 is 0 Å². The molecule has 0 spiro atoms. The molecule has 0 unspecified atom stereocenters. The van der Waals surface area contributed by atoms with Gasteiger partial charge in [0.1, 0.15) is 0 Å². The van der Waals surface area contributed by atoms with Crippen LogP contribution in [0.15, 0.2) is 73.7 Å². The minimum absolute atomic E-state index is 0.690. The molecule has 25 heavy (non-hydrogen) atoms. The van der Waals surface area contributed by atoms with Gasteiger partial charge in [0.25, 0.3) is 0 Å². The lowest BCUT2D eigenvalue weighted by atomic mass is 9.92. The predicted octanol–water partition coefficient (Wildman–Crippen LogP) is 6.14. The first-order valence-corrected chi connectivity index (χ1v) is 8.45. The maximum Gasteiger partial charge on any atom is 0.0739 e. The fraction of sp³-hybridized carbons (Fsp3) is 0.0909. The van der Waals surface area contributed by atoms with Gasteiger partial charge in [-0.1, -0.05) is 42.4 Å². The highest BCUT2D eigenvalue weighted by atomic mass is 35.5. The van der Waals surface area contributed by atoms with Gasteiger partial charge in [-0.25, -0.2) is 0 Å².